The molecule has 19 heavy (non-hydrogen) atoms. The summed E-state index contributed by atoms with van der Waals surface area (Å²) in [5.41, 5.74) is 6.34. The summed E-state index contributed by atoms with van der Waals surface area (Å²) in [5, 5.41) is 13.4. The van der Waals surface area contributed by atoms with Crippen molar-refractivity contribution >= 4 is 5.69 Å². The van der Waals surface area contributed by atoms with Crippen LogP contribution in [0.15, 0.2) is 24.3 Å². The summed E-state index contributed by atoms with van der Waals surface area (Å²) in [7, 11) is 1.73. The van der Waals surface area contributed by atoms with Crippen LogP contribution in [-0.4, -0.2) is 25.4 Å². The Hall–Kier alpha value is -1.10. The Balaban J connectivity index is 2.40. The maximum atomic E-state index is 10.0. The lowest BCUT2D eigenvalue weighted by atomic mass is 10.0. The monoisotopic (exact) mass is 266 g/mol. The number of hydrogen-bond acceptors (Lipinski definition) is 4. The lowest BCUT2D eigenvalue weighted by Crippen LogP contribution is -2.35. The maximum absolute atomic E-state index is 10.0. The number of hydrogen-bond donors (Lipinski definition) is 3. The number of methoxy groups -OCH3 is 1. The Labute approximate surface area is 116 Å². The fourth-order valence-electron chi connectivity index (χ4n) is 1.88. The smallest absolute Gasteiger partial charge is 0.139 e. The molecule has 0 fully saturated rings. The number of benzene rings is 1. The average molecular weight is 266 g/mol. The zero-order valence-corrected chi connectivity index (χ0v) is 12.0. The van der Waals surface area contributed by atoms with E-state index in [1.807, 2.05) is 31.2 Å². The zero-order chi connectivity index (χ0) is 14.1. The normalized spacial score (nSPS) is 14.1. The Bertz CT molecular complexity index is 367. The van der Waals surface area contributed by atoms with Crippen LogP contribution >= 0.6 is 0 Å². The second kappa shape index (κ2) is 8.15. The standard InChI is InChI=1S/C15H26N2O2/c1-3-15(16,18)13-8-7-9-14(12-13)17-10-5-4-6-11-19-2/h7-9,12,17-18H,3-6,10-11,16H2,1-2H3. The Kier molecular flexibility index (Phi) is 6.84. The maximum Gasteiger partial charge on any atom is 0.139 e. The van der Waals surface area contributed by atoms with E-state index in [1.165, 1.54) is 0 Å². The number of anilines is 1. The van der Waals surface area contributed by atoms with Crippen molar-refractivity contribution in [3.63, 3.8) is 0 Å². The van der Waals surface area contributed by atoms with Gasteiger partial charge in [0.05, 0.1) is 0 Å². The molecule has 4 nitrogen and oxygen atoms in total. The molecule has 0 amide bonds. The summed E-state index contributed by atoms with van der Waals surface area (Å²) in [6.07, 6.45) is 3.84. The number of nitrogens with one attached hydrogen (secondary N) is 1. The van der Waals surface area contributed by atoms with Gasteiger partial charge in [-0.25, -0.2) is 0 Å². The molecule has 1 rings (SSSR count). The summed E-state index contributed by atoms with van der Waals surface area (Å²) in [4.78, 5) is 0. The van der Waals surface area contributed by atoms with Crippen molar-refractivity contribution in [2.75, 3.05) is 25.6 Å². The highest BCUT2D eigenvalue weighted by Gasteiger charge is 2.20. The van der Waals surface area contributed by atoms with Gasteiger partial charge in [0, 0.05) is 31.5 Å². The predicted octanol–water partition coefficient (Wildman–Crippen LogP) is 2.43. The largest absolute Gasteiger partial charge is 0.385 e. The third kappa shape index (κ3) is 5.59. The zero-order valence-electron chi connectivity index (χ0n) is 12.0. The summed E-state index contributed by atoms with van der Waals surface area (Å²) in [6, 6.07) is 7.67. The average Bonchev–Trinajstić information content (AvgIpc) is 2.43. The van der Waals surface area contributed by atoms with Gasteiger partial charge in [0.25, 0.3) is 0 Å². The SMILES string of the molecule is CCC(N)(O)c1cccc(NCCCCCOC)c1. The number of unbranched alkanes of at least 4 members (excludes halogenated alkanes) is 2. The van der Waals surface area contributed by atoms with Gasteiger partial charge in [-0.1, -0.05) is 19.1 Å². The third-order valence-corrected chi connectivity index (χ3v) is 3.26. The van der Waals surface area contributed by atoms with Crippen LogP contribution < -0.4 is 11.1 Å². The van der Waals surface area contributed by atoms with Gasteiger partial charge in [-0.3, -0.25) is 5.73 Å². The van der Waals surface area contributed by atoms with E-state index < -0.39 is 5.72 Å². The lowest BCUT2D eigenvalue weighted by molar-refractivity contribution is 0.0395. The number of rotatable bonds is 9. The number of nitrogens with two attached hydrogens (primary N) is 1. The molecule has 0 aliphatic rings. The molecule has 0 saturated heterocycles. The second-order valence-electron chi connectivity index (χ2n) is 4.84. The summed E-state index contributed by atoms with van der Waals surface area (Å²) in [6.45, 7) is 3.62. The fourth-order valence-corrected chi connectivity index (χ4v) is 1.88. The van der Waals surface area contributed by atoms with Crippen LogP contribution in [0.25, 0.3) is 0 Å². The molecular formula is C15H26N2O2. The molecule has 0 aliphatic heterocycles. The van der Waals surface area contributed by atoms with Gasteiger partial charge in [-0.15, -0.1) is 0 Å². The van der Waals surface area contributed by atoms with E-state index in [0.29, 0.717) is 6.42 Å². The molecule has 0 bridgehead atoms. The Morgan fingerprint density at radius 3 is 2.79 bits per heavy atom. The van der Waals surface area contributed by atoms with Crippen molar-refractivity contribution < 1.29 is 9.84 Å². The van der Waals surface area contributed by atoms with E-state index in [1.54, 1.807) is 7.11 Å². The van der Waals surface area contributed by atoms with Crippen molar-refractivity contribution in [2.45, 2.75) is 38.3 Å². The van der Waals surface area contributed by atoms with Crippen molar-refractivity contribution in [1.29, 1.82) is 0 Å². The van der Waals surface area contributed by atoms with E-state index in [-0.39, 0.29) is 0 Å². The van der Waals surface area contributed by atoms with Gasteiger partial charge in [-0.2, -0.15) is 0 Å². The molecular weight excluding hydrogens is 240 g/mol. The van der Waals surface area contributed by atoms with Crippen LogP contribution in [-0.2, 0) is 10.5 Å². The molecule has 0 saturated carbocycles. The van der Waals surface area contributed by atoms with Gasteiger partial charge in [-0.05, 0) is 37.8 Å². The minimum Gasteiger partial charge on any atom is -0.385 e. The van der Waals surface area contributed by atoms with Gasteiger partial charge in [0.2, 0.25) is 0 Å². The second-order valence-corrected chi connectivity index (χ2v) is 4.84. The van der Waals surface area contributed by atoms with Crippen LogP contribution in [0, 0.1) is 0 Å². The van der Waals surface area contributed by atoms with Crippen LogP contribution in [0.5, 0.6) is 0 Å². The quantitative estimate of drug-likeness (QED) is 0.474. The first-order valence-electron chi connectivity index (χ1n) is 6.94. The molecule has 0 aromatic heterocycles. The number of ether oxygens (including phenoxy) is 1. The highest BCUT2D eigenvalue weighted by atomic mass is 16.5. The molecule has 4 N–H and O–H groups in total. The number of aliphatic hydroxyl groups is 1. The minimum atomic E-state index is -1.24. The van der Waals surface area contributed by atoms with Gasteiger partial charge >= 0.3 is 0 Å². The highest BCUT2D eigenvalue weighted by Crippen LogP contribution is 2.21. The van der Waals surface area contributed by atoms with E-state index in [4.69, 9.17) is 10.5 Å². The molecule has 1 aromatic rings. The molecule has 0 aliphatic carbocycles. The van der Waals surface area contributed by atoms with Crippen molar-refractivity contribution in [2.24, 2.45) is 5.73 Å². The molecule has 0 spiro atoms. The van der Waals surface area contributed by atoms with Crippen LogP contribution in [0.3, 0.4) is 0 Å². The third-order valence-electron chi connectivity index (χ3n) is 3.26. The van der Waals surface area contributed by atoms with Gasteiger partial charge in [0.1, 0.15) is 5.72 Å². The summed E-state index contributed by atoms with van der Waals surface area (Å²) < 4.78 is 5.01. The lowest BCUT2D eigenvalue weighted by Gasteiger charge is -2.22. The predicted molar refractivity (Wildman–Crippen MR) is 79.0 cm³/mol. The van der Waals surface area contributed by atoms with Crippen molar-refractivity contribution in [1.82, 2.24) is 0 Å². The van der Waals surface area contributed by atoms with E-state index in [9.17, 15) is 5.11 Å². The first-order valence-corrected chi connectivity index (χ1v) is 6.94. The summed E-state index contributed by atoms with van der Waals surface area (Å²) >= 11 is 0. The highest BCUT2D eigenvalue weighted by molar-refractivity contribution is 5.46. The van der Waals surface area contributed by atoms with Gasteiger partial charge < -0.3 is 15.2 Å². The van der Waals surface area contributed by atoms with E-state index in [2.05, 4.69) is 5.32 Å². The van der Waals surface area contributed by atoms with Crippen molar-refractivity contribution in [3.05, 3.63) is 29.8 Å². The van der Waals surface area contributed by atoms with Crippen molar-refractivity contribution in [3.8, 4) is 0 Å². The van der Waals surface area contributed by atoms with Gasteiger partial charge in [0.15, 0.2) is 0 Å². The van der Waals surface area contributed by atoms with E-state index >= 15 is 0 Å². The Morgan fingerprint density at radius 2 is 2.11 bits per heavy atom. The first kappa shape index (κ1) is 16.0. The summed E-state index contributed by atoms with van der Waals surface area (Å²) in [5.74, 6) is 0. The Morgan fingerprint density at radius 1 is 1.32 bits per heavy atom. The van der Waals surface area contributed by atoms with Crippen LogP contribution in [0.2, 0.25) is 0 Å². The topological polar surface area (TPSA) is 67.5 Å². The molecule has 1 atom stereocenters. The van der Waals surface area contributed by atoms with E-state index in [0.717, 1.165) is 43.7 Å². The molecule has 0 radical (unpaired) electrons. The van der Waals surface area contributed by atoms with Crippen LogP contribution in [0.4, 0.5) is 5.69 Å². The molecule has 1 unspecified atom stereocenters. The molecule has 108 valence electrons. The fraction of sp³-hybridized carbons (Fsp3) is 0.600. The van der Waals surface area contributed by atoms with Crippen LogP contribution in [0.1, 0.15) is 38.2 Å². The molecule has 4 heteroatoms. The molecule has 0 heterocycles. The minimum absolute atomic E-state index is 0.494. The first-order chi connectivity index (χ1) is 9.10. The molecule has 1 aromatic carbocycles.